The van der Waals surface area contributed by atoms with Crippen LogP contribution in [-0.2, 0) is 36.0 Å². The number of thiophene rings is 1. The summed E-state index contributed by atoms with van der Waals surface area (Å²) >= 11 is 2.78. The molecule has 1 N–H and O–H groups in total. The zero-order valence-electron chi connectivity index (χ0n) is 19.5. The molecule has 0 spiro atoms. The molecule has 1 aliphatic rings. The van der Waals surface area contributed by atoms with Crippen molar-refractivity contribution in [2.45, 2.75) is 44.9 Å². The summed E-state index contributed by atoms with van der Waals surface area (Å²) in [4.78, 5) is 26.6. The number of esters is 1. The molecule has 10 heteroatoms. The molecular formula is C24H28N4O4S2. The number of hydrogen-bond acceptors (Lipinski definition) is 8. The van der Waals surface area contributed by atoms with E-state index in [0.717, 1.165) is 30.6 Å². The van der Waals surface area contributed by atoms with E-state index in [1.165, 1.54) is 28.0 Å². The number of nitrogens with one attached hydrogen (secondary N) is 1. The zero-order valence-corrected chi connectivity index (χ0v) is 21.1. The van der Waals surface area contributed by atoms with Crippen LogP contribution in [0.25, 0.3) is 0 Å². The lowest BCUT2D eigenvalue weighted by molar-refractivity contribution is -0.113. The minimum atomic E-state index is -0.367. The van der Waals surface area contributed by atoms with Gasteiger partial charge in [-0.1, -0.05) is 36.9 Å². The van der Waals surface area contributed by atoms with Gasteiger partial charge in [0.1, 0.15) is 17.4 Å². The van der Waals surface area contributed by atoms with E-state index in [0.29, 0.717) is 34.1 Å². The average Bonchev–Trinajstić information content (AvgIpc) is 3.36. The summed E-state index contributed by atoms with van der Waals surface area (Å²) in [7, 11) is 1.84. The number of fused-ring (bicyclic) bond motifs is 1. The highest BCUT2D eigenvalue weighted by Crippen LogP contribution is 2.40. The lowest BCUT2D eigenvalue weighted by Gasteiger charge is -2.18. The van der Waals surface area contributed by atoms with Crippen LogP contribution in [-0.4, -0.2) is 39.0 Å². The van der Waals surface area contributed by atoms with Gasteiger partial charge in [-0.25, -0.2) is 4.79 Å². The fraction of sp³-hybridized carbons (Fsp3) is 0.417. The van der Waals surface area contributed by atoms with Crippen LogP contribution in [0.2, 0.25) is 0 Å². The number of amides is 1. The van der Waals surface area contributed by atoms with E-state index < -0.39 is 0 Å². The van der Waals surface area contributed by atoms with Crippen molar-refractivity contribution in [3.05, 3.63) is 52.2 Å². The Morgan fingerprint density at radius 1 is 1.26 bits per heavy atom. The minimum absolute atomic E-state index is 0.146. The van der Waals surface area contributed by atoms with Crippen molar-refractivity contribution in [1.29, 1.82) is 0 Å². The van der Waals surface area contributed by atoms with Crippen LogP contribution in [0.1, 0.15) is 46.9 Å². The standard InChI is InChI=1S/C24H28N4O4S2/c1-4-31-23(30)21-17-11-10-15(2)12-18(17)34-22(21)25-20(29)14-33-24-27-26-19(28(24)3)13-32-16-8-6-5-7-9-16/h5-9,15H,4,10-14H2,1-3H3,(H,25,29). The number of rotatable bonds is 9. The Balaban J connectivity index is 1.39. The largest absolute Gasteiger partial charge is 0.486 e. The molecule has 0 radical (unpaired) electrons. The Morgan fingerprint density at radius 3 is 2.82 bits per heavy atom. The molecule has 2 heterocycles. The van der Waals surface area contributed by atoms with Gasteiger partial charge in [0.05, 0.1) is 17.9 Å². The molecule has 0 bridgehead atoms. The summed E-state index contributed by atoms with van der Waals surface area (Å²) in [6.45, 7) is 4.57. The number of para-hydroxylation sites is 1. The molecule has 1 amide bonds. The molecule has 8 nitrogen and oxygen atoms in total. The van der Waals surface area contributed by atoms with Crippen molar-refractivity contribution < 1.29 is 19.1 Å². The number of hydrogen-bond donors (Lipinski definition) is 1. The summed E-state index contributed by atoms with van der Waals surface area (Å²) < 4.78 is 12.8. The Bertz CT molecular complexity index is 1160. The maximum Gasteiger partial charge on any atom is 0.341 e. The summed E-state index contributed by atoms with van der Waals surface area (Å²) in [6.07, 6.45) is 2.78. The molecule has 0 aliphatic heterocycles. The molecule has 1 unspecified atom stereocenters. The van der Waals surface area contributed by atoms with Crippen LogP contribution in [0.4, 0.5) is 5.00 Å². The molecule has 1 aromatic carbocycles. The van der Waals surface area contributed by atoms with Crippen molar-refractivity contribution in [1.82, 2.24) is 14.8 Å². The summed E-state index contributed by atoms with van der Waals surface area (Å²) in [5.41, 5.74) is 1.55. The lowest BCUT2D eigenvalue weighted by atomic mass is 9.88. The van der Waals surface area contributed by atoms with Gasteiger partial charge >= 0.3 is 5.97 Å². The van der Waals surface area contributed by atoms with Gasteiger partial charge in [0.15, 0.2) is 11.0 Å². The monoisotopic (exact) mass is 500 g/mol. The molecule has 1 atom stereocenters. The highest BCUT2D eigenvalue weighted by atomic mass is 32.2. The van der Waals surface area contributed by atoms with Gasteiger partial charge in [-0.15, -0.1) is 21.5 Å². The summed E-state index contributed by atoms with van der Waals surface area (Å²) in [6, 6.07) is 9.50. The first kappa shape index (κ1) is 24.3. The van der Waals surface area contributed by atoms with Gasteiger partial charge in [0.25, 0.3) is 0 Å². The number of benzene rings is 1. The fourth-order valence-electron chi connectivity index (χ4n) is 3.81. The normalized spacial score (nSPS) is 15.0. The third-order valence-electron chi connectivity index (χ3n) is 5.61. The third kappa shape index (κ3) is 5.61. The van der Waals surface area contributed by atoms with Crippen LogP contribution in [0.15, 0.2) is 35.5 Å². The first-order chi connectivity index (χ1) is 16.5. The van der Waals surface area contributed by atoms with Gasteiger partial charge in [-0.2, -0.15) is 0 Å². The average molecular weight is 501 g/mol. The van der Waals surface area contributed by atoms with Gasteiger partial charge in [-0.05, 0) is 49.8 Å². The highest BCUT2D eigenvalue weighted by Gasteiger charge is 2.29. The topological polar surface area (TPSA) is 95.3 Å². The molecule has 4 rings (SSSR count). The van der Waals surface area contributed by atoms with Crippen LogP contribution >= 0.6 is 23.1 Å². The van der Waals surface area contributed by atoms with E-state index in [1.54, 1.807) is 6.92 Å². The fourth-order valence-corrected chi connectivity index (χ4v) is 5.96. The van der Waals surface area contributed by atoms with Gasteiger partial charge in [0.2, 0.25) is 5.91 Å². The number of carbonyl (C=O) groups excluding carboxylic acids is 2. The zero-order chi connectivity index (χ0) is 24.1. The molecule has 34 heavy (non-hydrogen) atoms. The first-order valence-electron chi connectivity index (χ1n) is 11.3. The maximum atomic E-state index is 12.8. The molecule has 3 aromatic rings. The van der Waals surface area contributed by atoms with Crippen molar-refractivity contribution in [3.8, 4) is 5.75 Å². The molecule has 180 valence electrons. The number of nitrogens with zero attached hydrogens (tertiary/aromatic N) is 3. The van der Waals surface area contributed by atoms with Crippen LogP contribution in [0, 0.1) is 5.92 Å². The van der Waals surface area contributed by atoms with E-state index >= 15 is 0 Å². The quantitative estimate of drug-likeness (QED) is 0.342. The second kappa shape index (κ2) is 11.1. The molecular weight excluding hydrogens is 472 g/mol. The predicted molar refractivity (Wildman–Crippen MR) is 133 cm³/mol. The molecule has 0 fully saturated rings. The Hall–Kier alpha value is -2.85. The minimum Gasteiger partial charge on any atom is -0.486 e. The van der Waals surface area contributed by atoms with Crippen LogP contribution in [0.5, 0.6) is 5.75 Å². The van der Waals surface area contributed by atoms with Crippen molar-refractivity contribution in [2.75, 3.05) is 17.7 Å². The number of aromatic nitrogens is 3. The number of thioether (sulfide) groups is 1. The van der Waals surface area contributed by atoms with Gasteiger partial charge < -0.3 is 19.4 Å². The molecule has 0 saturated carbocycles. The number of carbonyl (C=O) groups is 2. The second-order valence-corrected chi connectivity index (χ2v) is 10.2. The number of ether oxygens (including phenoxy) is 2. The molecule has 0 saturated heterocycles. The maximum absolute atomic E-state index is 12.8. The van der Waals surface area contributed by atoms with Gasteiger partial charge in [-0.3, -0.25) is 4.79 Å². The smallest absolute Gasteiger partial charge is 0.341 e. The second-order valence-electron chi connectivity index (χ2n) is 8.17. The first-order valence-corrected chi connectivity index (χ1v) is 13.1. The van der Waals surface area contributed by atoms with Crippen LogP contribution < -0.4 is 10.1 Å². The Kier molecular flexibility index (Phi) is 7.89. The lowest BCUT2D eigenvalue weighted by Crippen LogP contribution is -2.18. The van der Waals surface area contributed by atoms with E-state index in [1.807, 2.05) is 41.9 Å². The van der Waals surface area contributed by atoms with E-state index in [2.05, 4.69) is 22.4 Å². The SMILES string of the molecule is CCOC(=O)c1c(NC(=O)CSc2nnc(COc3ccccc3)n2C)sc2c1CCC(C)C2. The van der Waals surface area contributed by atoms with E-state index in [9.17, 15) is 9.59 Å². The summed E-state index contributed by atoms with van der Waals surface area (Å²) in [5, 5.41) is 12.5. The van der Waals surface area contributed by atoms with Crippen molar-refractivity contribution in [3.63, 3.8) is 0 Å². The third-order valence-corrected chi connectivity index (χ3v) is 7.80. The number of anilines is 1. The molecule has 1 aliphatic carbocycles. The highest BCUT2D eigenvalue weighted by molar-refractivity contribution is 7.99. The van der Waals surface area contributed by atoms with E-state index in [-0.39, 0.29) is 24.2 Å². The summed E-state index contributed by atoms with van der Waals surface area (Å²) in [5.74, 6) is 1.56. The van der Waals surface area contributed by atoms with Crippen LogP contribution in [0.3, 0.4) is 0 Å². The van der Waals surface area contributed by atoms with Crippen molar-refractivity contribution >= 4 is 40.0 Å². The predicted octanol–water partition coefficient (Wildman–Crippen LogP) is 4.49. The van der Waals surface area contributed by atoms with Gasteiger partial charge in [0, 0.05) is 11.9 Å². The Labute approximate surface area is 207 Å². The van der Waals surface area contributed by atoms with E-state index in [4.69, 9.17) is 9.47 Å². The van der Waals surface area contributed by atoms with Crippen molar-refractivity contribution in [2.24, 2.45) is 13.0 Å². The molecule has 2 aromatic heterocycles. The Morgan fingerprint density at radius 2 is 2.06 bits per heavy atom.